The first-order chi connectivity index (χ1) is 12.8. The van der Waals surface area contributed by atoms with Crippen LogP contribution in [0.4, 0.5) is 0 Å². The average molecular weight is 413 g/mol. The molecule has 1 N–H and O–H groups in total. The zero-order valence-corrected chi connectivity index (χ0v) is 17.7. The van der Waals surface area contributed by atoms with Crippen LogP contribution in [0, 0.1) is 12.8 Å². The van der Waals surface area contributed by atoms with Crippen molar-refractivity contribution in [1.82, 2.24) is 10.2 Å². The van der Waals surface area contributed by atoms with Crippen LogP contribution in [0.2, 0.25) is 5.02 Å². The van der Waals surface area contributed by atoms with E-state index < -0.39 is 14.7 Å². The molecule has 3 rings (SSSR count). The molecular formula is C20H29ClN2O3S. The van der Waals surface area contributed by atoms with Crippen LogP contribution in [-0.2, 0) is 14.6 Å². The van der Waals surface area contributed by atoms with Gasteiger partial charge in [-0.3, -0.25) is 4.79 Å². The first-order valence-corrected chi connectivity index (χ1v) is 11.7. The summed E-state index contributed by atoms with van der Waals surface area (Å²) in [5, 5.41) is 3.65. The minimum Gasteiger partial charge on any atom is -0.325 e. The molecule has 1 aromatic carbocycles. The van der Waals surface area contributed by atoms with Gasteiger partial charge in [0.2, 0.25) is 15.7 Å². The Hall–Kier alpha value is -1.11. The van der Waals surface area contributed by atoms with Gasteiger partial charge >= 0.3 is 0 Å². The smallest absolute Gasteiger partial charge is 0.226 e. The Bertz CT molecular complexity index is 797. The van der Waals surface area contributed by atoms with E-state index in [1.54, 1.807) is 32.2 Å². The number of carbonyl (C=O) groups excluding carboxylic acids is 1. The van der Waals surface area contributed by atoms with Crippen LogP contribution in [0.3, 0.4) is 0 Å². The van der Waals surface area contributed by atoms with Crippen molar-refractivity contribution in [3.8, 4) is 0 Å². The van der Waals surface area contributed by atoms with Gasteiger partial charge in [0.1, 0.15) is 0 Å². The molecule has 7 heteroatoms. The zero-order valence-electron chi connectivity index (χ0n) is 16.1. The van der Waals surface area contributed by atoms with Gasteiger partial charge in [-0.25, -0.2) is 8.42 Å². The molecule has 1 saturated carbocycles. The second-order valence-corrected chi connectivity index (χ2v) is 10.4. The summed E-state index contributed by atoms with van der Waals surface area (Å²) in [6.07, 6.45) is 6.07. The van der Waals surface area contributed by atoms with Gasteiger partial charge in [0, 0.05) is 24.5 Å². The van der Waals surface area contributed by atoms with Crippen molar-refractivity contribution in [2.45, 2.75) is 61.6 Å². The third-order valence-corrected chi connectivity index (χ3v) is 9.28. The highest BCUT2D eigenvalue weighted by Gasteiger charge is 2.51. The number of nitrogens with zero attached hydrogens (tertiary/aromatic N) is 1. The third kappa shape index (κ3) is 3.64. The Morgan fingerprint density at radius 2 is 1.93 bits per heavy atom. The predicted octanol–water partition coefficient (Wildman–Crippen LogP) is 3.54. The number of hydrogen-bond donors (Lipinski definition) is 1. The number of piperidine rings is 1. The fourth-order valence-corrected chi connectivity index (χ4v) is 7.03. The summed E-state index contributed by atoms with van der Waals surface area (Å²) in [6.45, 7) is 2.73. The van der Waals surface area contributed by atoms with Gasteiger partial charge in [0.05, 0.1) is 4.90 Å². The van der Waals surface area contributed by atoms with Crippen LogP contribution in [0.1, 0.15) is 50.5 Å². The molecule has 1 atom stereocenters. The van der Waals surface area contributed by atoms with E-state index in [4.69, 9.17) is 11.6 Å². The maximum absolute atomic E-state index is 13.8. The number of carbonyl (C=O) groups is 1. The minimum absolute atomic E-state index is 0.0401. The normalized spacial score (nSPS) is 24.6. The Kier molecular flexibility index (Phi) is 6.18. The van der Waals surface area contributed by atoms with Gasteiger partial charge in [-0.1, -0.05) is 36.9 Å². The second kappa shape index (κ2) is 8.10. The molecule has 2 fully saturated rings. The molecule has 0 radical (unpaired) electrons. The molecule has 150 valence electrons. The van der Waals surface area contributed by atoms with Gasteiger partial charge in [0.15, 0.2) is 4.87 Å². The largest absolute Gasteiger partial charge is 0.325 e. The molecule has 1 saturated heterocycles. The summed E-state index contributed by atoms with van der Waals surface area (Å²) in [4.78, 5) is 13.7. The molecule has 2 aliphatic rings. The highest BCUT2D eigenvalue weighted by molar-refractivity contribution is 7.93. The summed E-state index contributed by atoms with van der Waals surface area (Å²) < 4.78 is 27.6. The highest BCUT2D eigenvalue weighted by Crippen LogP contribution is 2.39. The molecule has 1 aromatic rings. The number of hydrogen-bond acceptors (Lipinski definition) is 4. The topological polar surface area (TPSA) is 66.5 Å². The zero-order chi connectivity index (χ0) is 19.7. The molecular weight excluding hydrogens is 384 g/mol. The number of likely N-dealkylation sites (N-methyl/N-ethyl adjacent to an activating group) is 1. The Morgan fingerprint density at radius 3 is 2.56 bits per heavy atom. The lowest BCUT2D eigenvalue weighted by Gasteiger charge is -2.45. The van der Waals surface area contributed by atoms with Crippen LogP contribution in [0.5, 0.6) is 0 Å². The minimum atomic E-state index is -3.80. The number of amides is 1. The Morgan fingerprint density at radius 1 is 1.22 bits per heavy atom. The molecule has 0 bridgehead atoms. The van der Waals surface area contributed by atoms with E-state index >= 15 is 0 Å². The molecule has 0 unspecified atom stereocenters. The van der Waals surface area contributed by atoms with E-state index in [2.05, 4.69) is 5.32 Å². The van der Waals surface area contributed by atoms with Crippen LogP contribution in [0.15, 0.2) is 23.1 Å². The summed E-state index contributed by atoms with van der Waals surface area (Å²) in [5.41, 5.74) is 0.544. The lowest BCUT2D eigenvalue weighted by molar-refractivity contribution is -0.139. The third-order valence-electron chi connectivity index (χ3n) is 6.23. The van der Waals surface area contributed by atoms with Gasteiger partial charge in [-0.15, -0.1) is 0 Å². The summed E-state index contributed by atoms with van der Waals surface area (Å²) in [5.74, 6) is -0.111. The van der Waals surface area contributed by atoms with Gasteiger partial charge in [-0.05, 0) is 56.8 Å². The van der Waals surface area contributed by atoms with Crippen LogP contribution in [0.25, 0.3) is 0 Å². The molecule has 5 nitrogen and oxygen atoms in total. The SMILES string of the molecule is Cc1c(Cl)cccc1S(=O)(=O)[C@@]1(N(C)C(=O)C2CCCCC2)CCCNC1. The average Bonchev–Trinajstić information content (AvgIpc) is 2.69. The quantitative estimate of drug-likeness (QED) is 0.821. The van der Waals surface area contributed by atoms with Crippen LogP contribution >= 0.6 is 11.6 Å². The summed E-state index contributed by atoms with van der Waals surface area (Å²) in [7, 11) is -2.13. The second-order valence-electron chi connectivity index (χ2n) is 7.83. The fraction of sp³-hybridized carbons (Fsp3) is 0.650. The van der Waals surface area contributed by atoms with Gasteiger partial charge < -0.3 is 10.2 Å². The van der Waals surface area contributed by atoms with E-state index in [0.29, 0.717) is 23.4 Å². The molecule has 1 aliphatic carbocycles. The monoisotopic (exact) mass is 412 g/mol. The molecule has 1 amide bonds. The van der Waals surface area contributed by atoms with E-state index in [9.17, 15) is 13.2 Å². The standard InChI is InChI=1S/C20H29ClN2O3S/c1-15-17(21)10-6-11-18(15)27(25,26)20(12-7-13-22-14-20)23(2)19(24)16-8-4-3-5-9-16/h6,10-11,16,22H,3-5,7-9,12-14H2,1-2H3/t20-/m0/s1. The molecule has 0 aromatic heterocycles. The van der Waals surface area contributed by atoms with Crippen molar-refractivity contribution < 1.29 is 13.2 Å². The number of halogens is 1. The number of rotatable bonds is 4. The van der Waals surface area contributed by atoms with E-state index in [-0.39, 0.29) is 23.3 Å². The lowest BCUT2D eigenvalue weighted by Crippen LogP contribution is -2.63. The Labute approximate surface area is 167 Å². The highest BCUT2D eigenvalue weighted by atomic mass is 35.5. The van der Waals surface area contributed by atoms with Crippen molar-refractivity contribution in [3.05, 3.63) is 28.8 Å². The van der Waals surface area contributed by atoms with Crippen molar-refractivity contribution >= 4 is 27.3 Å². The van der Waals surface area contributed by atoms with Gasteiger partial charge in [0.25, 0.3) is 0 Å². The van der Waals surface area contributed by atoms with Crippen molar-refractivity contribution in [1.29, 1.82) is 0 Å². The van der Waals surface area contributed by atoms with Crippen LogP contribution < -0.4 is 5.32 Å². The van der Waals surface area contributed by atoms with Crippen molar-refractivity contribution in [2.75, 3.05) is 20.1 Å². The first kappa shape index (κ1) is 20.6. The number of sulfone groups is 1. The van der Waals surface area contributed by atoms with Crippen molar-refractivity contribution in [3.63, 3.8) is 0 Å². The van der Waals surface area contributed by atoms with E-state index in [1.807, 2.05) is 0 Å². The van der Waals surface area contributed by atoms with Crippen molar-refractivity contribution in [2.24, 2.45) is 5.92 Å². The summed E-state index contributed by atoms with van der Waals surface area (Å²) in [6, 6.07) is 4.96. The maximum Gasteiger partial charge on any atom is 0.226 e. The Balaban J connectivity index is 2.04. The number of nitrogens with one attached hydrogen (secondary N) is 1. The van der Waals surface area contributed by atoms with Crippen LogP contribution in [-0.4, -0.2) is 44.2 Å². The van der Waals surface area contributed by atoms with E-state index in [1.165, 1.54) is 4.90 Å². The molecule has 27 heavy (non-hydrogen) atoms. The summed E-state index contributed by atoms with van der Waals surface area (Å²) >= 11 is 6.21. The predicted molar refractivity (Wildman–Crippen MR) is 108 cm³/mol. The molecule has 1 heterocycles. The lowest BCUT2D eigenvalue weighted by atomic mass is 9.87. The first-order valence-electron chi connectivity index (χ1n) is 9.79. The number of benzene rings is 1. The fourth-order valence-electron chi connectivity index (χ4n) is 4.47. The maximum atomic E-state index is 13.8. The molecule has 1 aliphatic heterocycles. The van der Waals surface area contributed by atoms with E-state index in [0.717, 1.165) is 38.6 Å². The van der Waals surface area contributed by atoms with Gasteiger partial charge in [-0.2, -0.15) is 0 Å². The molecule has 0 spiro atoms.